The smallest absolute Gasteiger partial charge is 0.269 e. The highest BCUT2D eigenvalue weighted by atomic mass is 16.6. The van der Waals surface area contributed by atoms with Crippen molar-refractivity contribution in [3.63, 3.8) is 0 Å². The Hall–Kier alpha value is -3.30. The lowest BCUT2D eigenvalue weighted by molar-refractivity contribution is -0.384. The number of amides is 1. The van der Waals surface area contributed by atoms with Crippen molar-refractivity contribution in [2.24, 2.45) is 5.10 Å². The van der Waals surface area contributed by atoms with Crippen molar-refractivity contribution < 1.29 is 14.8 Å². The van der Waals surface area contributed by atoms with E-state index in [4.69, 9.17) is 0 Å². The molecule has 0 bridgehead atoms. The summed E-state index contributed by atoms with van der Waals surface area (Å²) in [5.74, 6) is -0.167. The standard InChI is InChI=1S/C17H17N5O4/c23-14-6-4-11(5-7-14)10-18-21-17(24)16-9-15(19-20-16)12-2-1-3-13(8-12)22(25)26/h1-8,10,15-16,19-20,23H,9H2,(H,21,24)/b18-10+. The summed E-state index contributed by atoms with van der Waals surface area (Å²) in [7, 11) is 0. The second kappa shape index (κ2) is 7.72. The minimum absolute atomic E-state index is 0.00991. The highest BCUT2D eigenvalue weighted by Crippen LogP contribution is 2.25. The fourth-order valence-corrected chi connectivity index (χ4v) is 2.61. The van der Waals surface area contributed by atoms with E-state index < -0.39 is 11.0 Å². The van der Waals surface area contributed by atoms with Crippen molar-refractivity contribution in [3.8, 4) is 5.75 Å². The molecule has 4 N–H and O–H groups in total. The van der Waals surface area contributed by atoms with E-state index in [0.29, 0.717) is 6.42 Å². The van der Waals surface area contributed by atoms with Crippen LogP contribution in [-0.2, 0) is 4.79 Å². The summed E-state index contributed by atoms with van der Waals surface area (Å²) in [6.07, 6.45) is 1.90. The van der Waals surface area contributed by atoms with Gasteiger partial charge in [-0.25, -0.2) is 16.3 Å². The first-order valence-electron chi connectivity index (χ1n) is 7.90. The number of hydrogen-bond acceptors (Lipinski definition) is 7. The van der Waals surface area contributed by atoms with E-state index in [1.165, 1.54) is 30.5 Å². The quantitative estimate of drug-likeness (QED) is 0.364. The Morgan fingerprint density at radius 3 is 2.77 bits per heavy atom. The number of phenols is 1. The molecule has 2 atom stereocenters. The van der Waals surface area contributed by atoms with Crippen molar-refractivity contribution >= 4 is 17.8 Å². The van der Waals surface area contributed by atoms with Crippen LogP contribution in [-0.4, -0.2) is 28.2 Å². The number of nitrogens with one attached hydrogen (secondary N) is 3. The van der Waals surface area contributed by atoms with Crippen LogP contribution in [0.5, 0.6) is 5.75 Å². The third-order valence-corrected chi connectivity index (χ3v) is 3.98. The molecule has 134 valence electrons. The van der Waals surface area contributed by atoms with Crippen LogP contribution in [0.25, 0.3) is 0 Å². The van der Waals surface area contributed by atoms with Crippen LogP contribution in [0, 0.1) is 10.1 Å². The first-order valence-corrected chi connectivity index (χ1v) is 7.90. The fourth-order valence-electron chi connectivity index (χ4n) is 2.61. The number of hydrazine groups is 1. The number of hydrazone groups is 1. The van der Waals surface area contributed by atoms with Crippen LogP contribution < -0.4 is 16.3 Å². The normalized spacial score (nSPS) is 19.5. The van der Waals surface area contributed by atoms with E-state index in [0.717, 1.165) is 11.1 Å². The van der Waals surface area contributed by atoms with Crippen LogP contribution >= 0.6 is 0 Å². The van der Waals surface area contributed by atoms with Gasteiger partial charge in [-0.2, -0.15) is 5.10 Å². The van der Waals surface area contributed by atoms with Gasteiger partial charge in [0.25, 0.3) is 11.6 Å². The molecule has 3 rings (SSSR count). The Kier molecular flexibility index (Phi) is 5.20. The van der Waals surface area contributed by atoms with E-state index in [1.807, 2.05) is 0 Å². The van der Waals surface area contributed by atoms with E-state index in [2.05, 4.69) is 21.4 Å². The first-order chi connectivity index (χ1) is 12.5. The lowest BCUT2D eigenvalue weighted by atomic mass is 10.0. The Morgan fingerprint density at radius 2 is 2.04 bits per heavy atom. The number of phenolic OH excluding ortho intramolecular Hbond substituents is 1. The summed E-state index contributed by atoms with van der Waals surface area (Å²) >= 11 is 0. The number of aromatic hydroxyl groups is 1. The number of hydrogen-bond donors (Lipinski definition) is 4. The first kappa shape index (κ1) is 17.5. The summed E-state index contributed by atoms with van der Waals surface area (Å²) in [4.78, 5) is 22.6. The molecule has 0 aromatic heterocycles. The van der Waals surface area contributed by atoms with Gasteiger partial charge in [0.15, 0.2) is 0 Å². The predicted molar refractivity (Wildman–Crippen MR) is 94.4 cm³/mol. The molecule has 26 heavy (non-hydrogen) atoms. The second-order valence-corrected chi connectivity index (χ2v) is 5.81. The van der Waals surface area contributed by atoms with Gasteiger partial charge in [-0.15, -0.1) is 0 Å². The van der Waals surface area contributed by atoms with Gasteiger partial charge in [0.05, 0.1) is 11.1 Å². The van der Waals surface area contributed by atoms with Crippen LogP contribution in [0.1, 0.15) is 23.6 Å². The molecule has 1 aliphatic heterocycles. The fraction of sp³-hybridized carbons (Fsp3) is 0.176. The molecule has 2 aromatic rings. The molecule has 1 heterocycles. The average molecular weight is 355 g/mol. The van der Waals surface area contributed by atoms with Crippen LogP contribution in [0.15, 0.2) is 53.6 Å². The Morgan fingerprint density at radius 1 is 1.27 bits per heavy atom. The minimum Gasteiger partial charge on any atom is -0.508 e. The number of carbonyl (C=O) groups excluding carboxylic acids is 1. The van der Waals surface area contributed by atoms with Crippen LogP contribution in [0.2, 0.25) is 0 Å². The maximum atomic E-state index is 12.2. The zero-order chi connectivity index (χ0) is 18.5. The molecule has 0 radical (unpaired) electrons. The van der Waals surface area contributed by atoms with Gasteiger partial charge in [-0.1, -0.05) is 12.1 Å². The molecule has 2 unspecified atom stereocenters. The number of rotatable bonds is 5. The van der Waals surface area contributed by atoms with E-state index in [-0.39, 0.29) is 23.4 Å². The van der Waals surface area contributed by atoms with E-state index in [9.17, 15) is 20.0 Å². The molecule has 2 aromatic carbocycles. The van der Waals surface area contributed by atoms with Crippen molar-refractivity contribution in [1.29, 1.82) is 0 Å². The van der Waals surface area contributed by atoms with Crippen molar-refractivity contribution in [3.05, 3.63) is 69.8 Å². The van der Waals surface area contributed by atoms with Gasteiger partial charge in [0.1, 0.15) is 11.8 Å². The maximum Gasteiger partial charge on any atom is 0.269 e. The van der Waals surface area contributed by atoms with Gasteiger partial charge in [-0.3, -0.25) is 14.9 Å². The number of non-ortho nitro benzene ring substituents is 1. The number of nitro benzene ring substituents is 1. The van der Waals surface area contributed by atoms with Gasteiger partial charge in [0, 0.05) is 18.2 Å². The Balaban J connectivity index is 1.56. The number of nitro groups is 1. The zero-order valence-electron chi connectivity index (χ0n) is 13.6. The lowest BCUT2D eigenvalue weighted by Crippen LogP contribution is -2.41. The molecule has 9 nitrogen and oxygen atoms in total. The molecule has 1 saturated heterocycles. The molecular weight excluding hydrogens is 338 g/mol. The largest absolute Gasteiger partial charge is 0.508 e. The van der Waals surface area contributed by atoms with Gasteiger partial charge >= 0.3 is 0 Å². The molecular formula is C17H17N5O4. The molecule has 0 saturated carbocycles. The summed E-state index contributed by atoms with van der Waals surface area (Å²) in [5, 5.41) is 24.0. The summed E-state index contributed by atoms with van der Waals surface area (Å²) in [6.45, 7) is 0. The summed E-state index contributed by atoms with van der Waals surface area (Å²) < 4.78 is 0. The highest BCUT2D eigenvalue weighted by Gasteiger charge is 2.30. The molecule has 9 heteroatoms. The molecule has 0 spiro atoms. The SMILES string of the molecule is O=C(N/N=C/c1ccc(O)cc1)C1CC(c2cccc([N+](=O)[O-])c2)NN1. The van der Waals surface area contributed by atoms with Crippen LogP contribution in [0.4, 0.5) is 5.69 Å². The lowest BCUT2D eigenvalue weighted by Gasteiger charge is -2.09. The molecule has 1 aliphatic rings. The Labute approximate surface area is 148 Å². The summed E-state index contributed by atoms with van der Waals surface area (Å²) in [5.41, 5.74) is 9.76. The topological polar surface area (TPSA) is 129 Å². The number of carbonyl (C=O) groups is 1. The van der Waals surface area contributed by atoms with Gasteiger partial charge < -0.3 is 5.11 Å². The Bertz CT molecular complexity index is 837. The molecule has 0 aliphatic carbocycles. The van der Waals surface area contributed by atoms with E-state index in [1.54, 1.807) is 24.3 Å². The second-order valence-electron chi connectivity index (χ2n) is 5.81. The average Bonchev–Trinajstić information content (AvgIpc) is 3.14. The summed E-state index contributed by atoms with van der Waals surface area (Å²) in [6, 6.07) is 11.9. The third kappa shape index (κ3) is 4.21. The van der Waals surface area contributed by atoms with E-state index >= 15 is 0 Å². The third-order valence-electron chi connectivity index (χ3n) is 3.98. The van der Waals surface area contributed by atoms with Crippen molar-refractivity contribution in [2.75, 3.05) is 0 Å². The van der Waals surface area contributed by atoms with Gasteiger partial charge in [0.2, 0.25) is 0 Å². The van der Waals surface area contributed by atoms with Crippen molar-refractivity contribution in [2.45, 2.75) is 18.5 Å². The maximum absolute atomic E-state index is 12.2. The van der Waals surface area contributed by atoms with Gasteiger partial charge in [-0.05, 0) is 41.8 Å². The zero-order valence-corrected chi connectivity index (χ0v) is 13.6. The number of benzene rings is 2. The van der Waals surface area contributed by atoms with Crippen molar-refractivity contribution in [1.82, 2.24) is 16.3 Å². The number of nitrogens with zero attached hydrogens (tertiary/aromatic N) is 2. The highest BCUT2D eigenvalue weighted by molar-refractivity contribution is 5.85. The minimum atomic E-state index is -0.517. The molecule has 1 amide bonds. The van der Waals surface area contributed by atoms with Crippen LogP contribution in [0.3, 0.4) is 0 Å². The molecule has 1 fully saturated rings. The monoisotopic (exact) mass is 355 g/mol. The predicted octanol–water partition coefficient (Wildman–Crippen LogP) is 1.36.